The quantitative estimate of drug-likeness (QED) is 0.923. The fourth-order valence-electron chi connectivity index (χ4n) is 2.51. The van der Waals surface area contributed by atoms with Crippen LogP contribution in [0.15, 0.2) is 23.4 Å². The molecule has 2 heterocycles. The van der Waals surface area contributed by atoms with E-state index in [-0.39, 0.29) is 21.5 Å². The average Bonchev–Trinajstić information content (AvgIpc) is 2.38. The second kappa shape index (κ2) is 6.20. The van der Waals surface area contributed by atoms with Crippen molar-refractivity contribution >= 4 is 21.6 Å². The summed E-state index contributed by atoms with van der Waals surface area (Å²) in [4.78, 5) is 6.25. The Hall–Kier alpha value is -0.690. The van der Waals surface area contributed by atoms with Gasteiger partial charge in [0, 0.05) is 37.1 Å². The van der Waals surface area contributed by atoms with Crippen molar-refractivity contribution in [3.63, 3.8) is 0 Å². The van der Waals surface area contributed by atoms with Gasteiger partial charge in [0.1, 0.15) is 4.90 Å². The summed E-state index contributed by atoms with van der Waals surface area (Å²) >= 11 is 5.94. The molecule has 0 aromatic carbocycles. The lowest BCUT2D eigenvalue weighted by molar-refractivity contribution is 0.100. The van der Waals surface area contributed by atoms with Crippen LogP contribution < -0.4 is 4.72 Å². The molecule has 0 spiro atoms. The van der Waals surface area contributed by atoms with Gasteiger partial charge in [-0.3, -0.25) is 9.88 Å². The molecule has 0 amide bonds. The van der Waals surface area contributed by atoms with Gasteiger partial charge in [-0.05, 0) is 39.7 Å². The van der Waals surface area contributed by atoms with Gasteiger partial charge in [-0.1, -0.05) is 11.6 Å². The third-order valence-corrected chi connectivity index (χ3v) is 5.78. The number of rotatable bonds is 3. The molecule has 1 N–H and O–H groups in total. The Morgan fingerprint density at radius 3 is 2.48 bits per heavy atom. The van der Waals surface area contributed by atoms with E-state index >= 15 is 0 Å². The van der Waals surface area contributed by atoms with Crippen LogP contribution in [0.2, 0.25) is 5.02 Å². The number of aromatic nitrogens is 1. The molecule has 0 saturated carbocycles. The number of pyridine rings is 1. The van der Waals surface area contributed by atoms with E-state index in [4.69, 9.17) is 11.6 Å². The van der Waals surface area contributed by atoms with Gasteiger partial charge in [0.2, 0.25) is 10.0 Å². The van der Waals surface area contributed by atoms with E-state index in [2.05, 4.69) is 35.4 Å². The molecule has 1 aliphatic heterocycles. The molecule has 118 valence electrons. The molecule has 7 heteroatoms. The standard InChI is InChI=1S/C14H22ClN3O2S/c1-14(2,3)18-8-5-11(6-9-18)17-21(19,20)13-10-16-7-4-12(13)15/h4,7,10-11,17H,5-6,8-9H2,1-3H3. The maximum Gasteiger partial charge on any atom is 0.243 e. The minimum absolute atomic E-state index is 0.0462. The number of hydrogen-bond donors (Lipinski definition) is 1. The van der Waals surface area contributed by atoms with Crippen LogP contribution in [-0.2, 0) is 10.0 Å². The lowest BCUT2D eigenvalue weighted by Gasteiger charge is -2.40. The predicted octanol–water partition coefficient (Wildman–Crippen LogP) is 2.28. The topological polar surface area (TPSA) is 62.3 Å². The molecule has 0 aliphatic carbocycles. The summed E-state index contributed by atoms with van der Waals surface area (Å²) in [5, 5.41) is 0.199. The van der Waals surface area contributed by atoms with Crippen molar-refractivity contribution in [2.45, 2.75) is 50.1 Å². The van der Waals surface area contributed by atoms with Crippen molar-refractivity contribution in [2.75, 3.05) is 13.1 Å². The Kier molecular flexibility index (Phi) is 4.92. The molecule has 2 rings (SSSR count). The van der Waals surface area contributed by atoms with Crippen LogP contribution in [-0.4, -0.2) is 43.0 Å². The van der Waals surface area contributed by atoms with Gasteiger partial charge in [-0.25, -0.2) is 13.1 Å². The first-order chi connectivity index (χ1) is 9.70. The third-order valence-electron chi connectivity index (χ3n) is 3.79. The van der Waals surface area contributed by atoms with E-state index in [1.165, 1.54) is 18.5 Å². The normalized spacial score (nSPS) is 18.9. The minimum atomic E-state index is -3.61. The molecule has 0 bridgehead atoms. The molecule has 0 radical (unpaired) electrons. The van der Waals surface area contributed by atoms with Crippen LogP contribution in [0.4, 0.5) is 0 Å². The molecule has 21 heavy (non-hydrogen) atoms. The monoisotopic (exact) mass is 331 g/mol. The largest absolute Gasteiger partial charge is 0.298 e. The van der Waals surface area contributed by atoms with Gasteiger partial charge in [0.15, 0.2) is 0 Å². The first-order valence-corrected chi connectivity index (χ1v) is 8.93. The minimum Gasteiger partial charge on any atom is -0.298 e. The lowest BCUT2D eigenvalue weighted by Crippen LogP contribution is -2.50. The second-order valence-electron chi connectivity index (χ2n) is 6.36. The highest BCUT2D eigenvalue weighted by Gasteiger charge is 2.30. The molecule has 1 saturated heterocycles. The number of halogens is 1. The summed E-state index contributed by atoms with van der Waals surface area (Å²) in [6.07, 6.45) is 4.36. The molecular weight excluding hydrogens is 310 g/mol. The van der Waals surface area contributed by atoms with E-state index in [0.29, 0.717) is 0 Å². The zero-order valence-electron chi connectivity index (χ0n) is 12.6. The highest BCUT2D eigenvalue weighted by Crippen LogP contribution is 2.23. The number of nitrogens with zero attached hydrogens (tertiary/aromatic N) is 2. The molecule has 1 aliphatic rings. The number of likely N-dealkylation sites (tertiary alicyclic amines) is 1. The fourth-order valence-corrected chi connectivity index (χ4v) is 4.25. The van der Waals surface area contributed by atoms with Crippen LogP contribution in [0.25, 0.3) is 0 Å². The smallest absolute Gasteiger partial charge is 0.243 e. The number of hydrogen-bond acceptors (Lipinski definition) is 4. The Morgan fingerprint density at radius 2 is 1.95 bits per heavy atom. The van der Waals surface area contributed by atoms with Crippen molar-refractivity contribution < 1.29 is 8.42 Å². The van der Waals surface area contributed by atoms with E-state index in [1.807, 2.05) is 0 Å². The van der Waals surface area contributed by atoms with E-state index < -0.39 is 10.0 Å². The summed E-state index contributed by atoms with van der Waals surface area (Å²) in [5.74, 6) is 0. The van der Waals surface area contributed by atoms with E-state index in [9.17, 15) is 8.42 Å². The van der Waals surface area contributed by atoms with Crippen LogP contribution in [0.3, 0.4) is 0 Å². The number of piperidine rings is 1. The fraction of sp³-hybridized carbons (Fsp3) is 0.643. The maximum atomic E-state index is 12.4. The van der Waals surface area contributed by atoms with Crippen LogP contribution in [0.5, 0.6) is 0 Å². The van der Waals surface area contributed by atoms with Crippen LogP contribution in [0, 0.1) is 0 Å². The lowest BCUT2D eigenvalue weighted by atomic mass is 9.99. The highest BCUT2D eigenvalue weighted by molar-refractivity contribution is 7.89. The summed E-state index contributed by atoms with van der Waals surface area (Å²) in [6, 6.07) is 1.43. The van der Waals surface area contributed by atoms with Crippen molar-refractivity contribution in [3.8, 4) is 0 Å². The Morgan fingerprint density at radius 1 is 1.33 bits per heavy atom. The van der Waals surface area contributed by atoms with Gasteiger partial charge >= 0.3 is 0 Å². The average molecular weight is 332 g/mol. The van der Waals surface area contributed by atoms with Crippen molar-refractivity contribution in [1.29, 1.82) is 0 Å². The molecule has 0 unspecified atom stereocenters. The zero-order chi connectivity index (χ0) is 15.7. The molecule has 5 nitrogen and oxygen atoms in total. The molecule has 1 fully saturated rings. The van der Waals surface area contributed by atoms with Gasteiger partial charge in [-0.2, -0.15) is 0 Å². The maximum absolute atomic E-state index is 12.4. The molecular formula is C14H22ClN3O2S. The van der Waals surface area contributed by atoms with Crippen LogP contribution >= 0.6 is 11.6 Å². The Bertz CT molecular complexity index is 590. The third kappa shape index (κ3) is 4.16. The van der Waals surface area contributed by atoms with Crippen molar-refractivity contribution in [3.05, 3.63) is 23.5 Å². The van der Waals surface area contributed by atoms with Crippen molar-refractivity contribution in [2.24, 2.45) is 0 Å². The van der Waals surface area contributed by atoms with Crippen LogP contribution in [0.1, 0.15) is 33.6 Å². The predicted molar refractivity (Wildman–Crippen MR) is 83.9 cm³/mol. The summed E-state index contributed by atoms with van der Waals surface area (Å²) in [7, 11) is -3.61. The SMILES string of the molecule is CC(C)(C)N1CCC(NS(=O)(=O)c2cnccc2Cl)CC1. The molecule has 0 atom stereocenters. The Balaban J connectivity index is 2.02. The van der Waals surface area contributed by atoms with E-state index in [0.717, 1.165) is 25.9 Å². The first kappa shape index (κ1) is 16.7. The van der Waals surface area contributed by atoms with Gasteiger partial charge in [0.25, 0.3) is 0 Å². The summed E-state index contributed by atoms with van der Waals surface area (Å²) in [5.41, 5.74) is 0.122. The molecule has 1 aromatic heterocycles. The number of nitrogens with one attached hydrogen (secondary N) is 1. The van der Waals surface area contributed by atoms with Gasteiger partial charge < -0.3 is 0 Å². The van der Waals surface area contributed by atoms with E-state index in [1.54, 1.807) is 0 Å². The highest BCUT2D eigenvalue weighted by atomic mass is 35.5. The van der Waals surface area contributed by atoms with Gasteiger partial charge in [-0.15, -0.1) is 0 Å². The second-order valence-corrected chi connectivity index (χ2v) is 8.45. The van der Waals surface area contributed by atoms with Crippen molar-refractivity contribution in [1.82, 2.24) is 14.6 Å². The Labute approximate surface area is 131 Å². The zero-order valence-corrected chi connectivity index (χ0v) is 14.2. The first-order valence-electron chi connectivity index (χ1n) is 7.07. The number of sulfonamides is 1. The summed E-state index contributed by atoms with van der Waals surface area (Å²) in [6.45, 7) is 8.29. The molecule has 1 aromatic rings. The summed E-state index contributed by atoms with van der Waals surface area (Å²) < 4.78 is 27.4. The van der Waals surface area contributed by atoms with Gasteiger partial charge in [0.05, 0.1) is 5.02 Å².